The highest BCUT2D eigenvalue weighted by Gasteiger charge is 2.34. The highest BCUT2D eigenvalue weighted by Crippen LogP contribution is 2.28. The van der Waals surface area contributed by atoms with Crippen LogP contribution in [-0.4, -0.2) is 82.1 Å². The van der Waals surface area contributed by atoms with E-state index < -0.39 is 0 Å². The molecule has 2 aromatic heterocycles. The van der Waals surface area contributed by atoms with E-state index in [1.807, 2.05) is 48.7 Å². The number of hydrogen-bond donors (Lipinski definition) is 4. The molecule has 7 rings (SSSR count). The van der Waals surface area contributed by atoms with Gasteiger partial charge in [0.2, 0.25) is 0 Å². The van der Waals surface area contributed by atoms with Crippen LogP contribution >= 0.6 is 0 Å². The smallest absolute Gasteiger partial charge is 0.348 e. The number of nitrogens with two attached hydrogens (primary N) is 2. The molecule has 0 saturated carbocycles. The summed E-state index contributed by atoms with van der Waals surface area (Å²) >= 11 is 0. The van der Waals surface area contributed by atoms with E-state index in [4.69, 9.17) is 11.5 Å². The first kappa shape index (κ1) is 29.3. The number of benzene rings is 2. The lowest BCUT2D eigenvalue weighted by atomic mass is 9.84. The normalized spacial score (nSPS) is 19.7. The summed E-state index contributed by atoms with van der Waals surface area (Å²) in [7, 11) is 0. The number of rotatable bonds is 12. The largest absolute Gasteiger partial charge is 0.354 e. The highest BCUT2D eigenvalue weighted by molar-refractivity contribution is 5.95. The number of fused-ring (bicyclic) bond motifs is 4. The molecular weight excluding hydrogens is 540 g/mol. The molecule has 3 aliphatic heterocycles. The quantitative estimate of drug-likeness (QED) is 0.202. The first-order valence-electron chi connectivity index (χ1n) is 15.5. The maximum atomic E-state index is 13.0. The van der Waals surface area contributed by atoms with Gasteiger partial charge in [-0.1, -0.05) is 24.3 Å². The van der Waals surface area contributed by atoms with Crippen LogP contribution in [0.15, 0.2) is 65.6 Å². The number of carbonyl (C=O) groups excluding carboxylic acids is 1. The third-order valence-electron chi connectivity index (χ3n) is 8.92. The molecule has 1 atom stereocenters. The second-order valence-electron chi connectivity index (χ2n) is 11.9. The predicted octanol–water partition coefficient (Wildman–Crippen LogP) is 2.70. The van der Waals surface area contributed by atoms with Crippen molar-refractivity contribution in [2.75, 3.05) is 45.8 Å². The molecule has 10 heteroatoms. The van der Waals surface area contributed by atoms with Crippen LogP contribution in [0.2, 0.25) is 0 Å². The summed E-state index contributed by atoms with van der Waals surface area (Å²) in [5.41, 5.74) is 16.0. The molecule has 1 unspecified atom stereocenters. The van der Waals surface area contributed by atoms with Crippen LogP contribution in [0, 0.1) is 5.92 Å². The number of nitrogens with zero attached hydrogens (tertiary/aromatic N) is 4. The molecule has 2 aromatic carbocycles. The maximum Gasteiger partial charge on any atom is 0.354 e. The summed E-state index contributed by atoms with van der Waals surface area (Å²) in [6.07, 6.45) is 6.05. The third-order valence-corrected chi connectivity index (χ3v) is 8.92. The van der Waals surface area contributed by atoms with Gasteiger partial charge >= 0.3 is 5.69 Å². The molecule has 4 aromatic rings. The number of piperidine rings is 3. The molecule has 226 valence electrons. The zero-order valence-corrected chi connectivity index (χ0v) is 24.7. The van der Waals surface area contributed by atoms with E-state index in [9.17, 15) is 9.59 Å². The summed E-state index contributed by atoms with van der Waals surface area (Å²) in [6.45, 7) is 7.26. The minimum atomic E-state index is -0.346. The van der Waals surface area contributed by atoms with Gasteiger partial charge in [-0.2, -0.15) is 4.98 Å². The molecule has 1 amide bonds. The number of aromatic nitrogens is 3. The average Bonchev–Trinajstić information content (AvgIpc) is 3.46. The molecule has 0 aliphatic carbocycles. The van der Waals surface area contributed by atoms with E-state index in [2.05, 4.69) is 37.2 Å². The van der Waals surface area contributed by atoms with Gasteiger partial charge in [-0.05, 0) is 112 Å². The number of H-pyrrole nitrogens is 1. The molecule has 6 N–H and O–H groups in total. The van der Waals surface area contributed by atoms with E-state index in [0.717, 1.165) is 74.4 Å². The fraction of sp³-hybridized carbons (Fsp3) is 0.424. The minimum Gasteiger partial charge on any atom is -0.348 e. The van der Waals surface area contributed by atoms with Crippen molar-refractivity contribution in [3.8, 4) is 16.9 Å². The number of carbonyl (C=O) groups is 1. The maximum absolute atomic E-state index is 13.0. The van der Waals surface area contributed by atoms with Crippen LogP contribution in [0.1, 0.15) is 41.6 Å². The van der Waals surface area contributed by atoms with Gasteiger partial charge in [-0.15, -0.1) is 0 Å². The lowest BCUT2D eigenvalue weighted by Gasteiger charge is -2.44. The van der Waals surface area contributed by atoms with Crippen molar-refractivity contribution in [2.24, 2.45) is 17.4 Å². The Balaban J connectivity index is 1.14. The molecule has 3 saturated heterocycles. The highest BCUT2D eigenvalue weighted by atomic mass is 16.2. The van der Waals surface area contributed by atoms with Gasteiger partial charge < -0.3 is 26.7 Å². The fourth-order valence-corrected chi connectivity index (χ4v) is 6.44. The van der Waals surface area contributed by atoms with E-state index in [0.29, 0.717) is 30.2 Å². The van der Waals surface area contributed by atoms with Crippen molar-refractivity contribution in [2.45, 2.75) is 38.3 Å². The van der Waals surface area contributed by atoms with Crippen molar-refractivity contribution in [1.29, 1.82) is 0 Å². The topological polar surface area (TPSA) is 138 Å². The first-order valence-corrected chi connectivity index (χ1v) is 15.5. The number of hydrogen-bond acceptors (Lipinski definition) is 7. The Kier molecular flexibility index (Phi) is 8.99. The van der Waals surface area contributed by atoms with Gasteiger partial charge in [0.05, 0.1) is 5.69 Å². The van der Waals surface area contributed by atoms with Crippen LogP contribution in [0.3, 0.4) is 0 Å². The molecule has 0 spiro atoms. The first-order chi connectivity index (χ1) is 21.0. The molecule has 0 radical (unpaired) electrons. The third kappa shape index (κ3) is 6.73. The zero-order chi connectivity index (χ0) is 29.8. The summed E-state index contributed by atoms with van der Waals surface area (Å²) < 4.78 is 1.58. The van der Waals surface area contributed by atoms with E-state index in [1.54, 1.807) is 4.57 Å². The number of nitrogens with one attached hydrogen (secondary N) is 2. The van der Waals surface area contributed by atoms with E-state index in [-0.39, 0.29) is 17.6 Å². The van der Waals surface area contributed by atoms with Crippen LogP contribution in [0.25, 0.3) is 28.0 Å². The van der Waals surface area contributed by atoms with Gasteiger partial charge in [0, 0.05) is 42.0 Å². The molecule has 3 aliphatic rings. The lowest BCUT2D eigenvalue weighted by Crippen LogP contribution is -2.57. The van der Waals surface area contributed by atoms with Crippen molar-refractivity contribution >= 4 is 16.9 Å². The monoisotopic (exact) mass is 582 g/mol. The fourth-order valence-electron chi connectivity index (χ4n) is 6.44. The molecule has 43 heavy (non-hydrogen) atoms. The Morgan fingerprint density at radius 1 is 1.00 bits per heavy atom. The van der Waals surface area contributed by atoms with Crippen molar-refractivity contribution < 1.29 is 4.79 Å². The minimum absolute atomic E-state index is 0.0227. The molecule has 3 fully saturated rings. The van der Waals surface area contributed by atoms with Gasteiger partial charge in [-0.25, -0.2) is 4.79 Å². The Labute approximate surface area is 252 Å². The summed E-state index contributed by atoms with van der Waals surface area (Å²) in [6, 6.07) is 17.8. The van der Waals surface area contributed by atoms with Crippen LogP contribution in [-0.2, 0) is 6.54 Å². The second kappa shape index (κ2) is 13.2. The van der Waals surface area contributed by atoms with Crippen LogP contribution < -0.4 is 22.5 Å². The van der Waals surface area contributed by atoms with Crippen LogP contribution in [0.4, 0.5) is 0 Å². The van der Waals surface area contributed by atoms with Gasteiger partial charge in [-0.3, -0.25) is 14.3 Å². The Morgan fingerprint density at radius 2 is 1.70 bits per heavy atom. The van der Waals surface area contributed by atoms with Gasteiger partial charge in [0.25, 0.3) is 5.91 Å². The predicted molar refractivity (Wildman–Crippen MR) is 170 cm³/mol. The number of amides is 1. The molecule has 5 heterocycles. The average molecular weight is 583 g/mol. The van der Waals surface area contributed by atoms with E-state index in [1.165, 1.54) is 18.4 Å². The summed E-state index contributed by atoms with van der Waals surface area (Å²) in [4.78, 5) is 38.3. The Bertz CT molecular complexity index is 1580. The van der Waals surface area contributed by atoms with Gasteiger partial charge in [0.15, 0.2) is 0 Å². The van der Waals surface area contributed by atoms with Crippen LogP contribution in [0.5, 0.6) is 0 Å². The number of aromatic amines is 1. The Morgan fingerprint density at radius 3 is 2.33 bits per heavy atom. The zero-order valence-electron chi connectivity index (χ0n) is 24.7. The standard InChI is InChI=1S/C33H42N8O2/c34-13-1-15-39(16-2-14-35)20-23-3-9-28(10-4-23)41-21-27-19-29(36-31(27)38-33(41)43)24-5-7-26(8-6-24)32(42)37-30-22-40-17-11-25(30)12-18-40/h3-10,19,21,25,30H,1-2,11-18,20,22,34-35H2,(H,37,42)(H,36,38,43). The molecular formula is C33H42N8O2. The van der Waals surface area contributed by atoms with E-state index >= 15 is 0 Å². The Hall–Kier alpha value is -3.83. The molecule has 2 bridgehead atoms. The van der Waals surface area contributed by atoms with Crippen molar-refractivity contribution in [1.82, 2.24) is 29.7 Å². The SMILES string of the molecule is NCCCN(CCCN)Cc1ccc(-n2cc3cc(-c4ccc(C(=O)NC5CN6CCC5CC6)cc4)[nH]c3nc2=O)cc1. The second-order valence-corrected chi connectivity index (χ2v) is 11.9. The van der Waals surface area contributed by atoms with Crippen molar-refractivity contribution in [3.63, 3.8) is 0 Å². The lowest BCUT2D eigenvalue weighted by molar-refractivity contribution is 0.0620. The summed E-state index contributed by atoms with van der Waals surface area (Å²) in [5.74, 6) is 0.562. The van der Waals surface area contributed by atoms with Gasteiger partial charge in [0.1, 0.15) is 5.65 Å². The summed E-state index contributed by atoms with van der Waals surface area (Å²) in [5, 5.41) is 4.09. The molecule has 10 nitrogen and oxygen atoms in total. The van der Waals surface area contributed by atoms with Crippen molar-refractivity contribution in [3.05, 3.63) is 82.4 Å².